The minimum atomic E-state index is -1.66. The van der Waals surface area contributed by atoms with E-state index in [1.165, 1.54) is 0 Å². The lowest BCUT2D eigenvalue weighted by Crippen LogP contribution is -2.11. The van der Waals surface area contributed by atoms with E-state index in [0.717, 1.165) is 12.1 Å². The van der Waals surface area contributed by atoms with Crippen LogP contribution in [-0.2, 0) is 0 Å². The van der Waals surface area contributed by atoms with E-state index >= 15 is 0 Å². The number of phenolic OH excluding ortho intramolecular Hbond substituents is 5. The van der Waals surface area contributed by atoms with Crippen LogP contribution in [0, 0.1) is 6.92 Å². The molecule has 2 aromatic carbocycles. The lowest BCUT2D eigenvalue weighted by molar-refractivity contribution is 0.0691. The van der Waals surface area contributed by atoms with Crippen LogP contribution in [0.1, 0.15) is 31.8 Å². The Labute approximate surface area is 129 Å². The van der Waals surface area contributed by atoms with Crippen molar-refractivity contribution in [3.8, 4) is 28.7 Å². The molecule has 0 amide bonds. The molecule has 0 saturated carbocycles. The second-order valence-corrected chi connectivity index (χ2v) is 4.83. The number of hydrogen-bond acceptors (Lipinski definition) is 7. The Kier molecular flexibility index (Phi) is 3.75. The van der Waals surface area contributed by atoms with Crippen LogP contribution in [0.3, 0.4) is 0 Å². The molecule has 0 unspecified atom stereocenters. The smallest absolute Gasteiger partial charge is 0.336 e. The molecule has 2 rings (SSSR count). The highest BCUT2D eigenvalue weighted by Gasteiger charge is 2.30. The summed E-state index contributed by atoms with van der Waals surface area (Å²) in [5.74, 6) is -7.35. The van der Waals surface area contributed by atoms with Crippen molar-refractivity contribution in [1.29, 1.82) is 0 Å². The van der Waals surface area contributed by atoms with Crippen molar-refractivity contribution < 1.29 is 40.2 Å². The van der Waals surface area contributed by atoms with Gasteiger partial charge in [-0.25, -0.2) is 4.79 Å². The zero-order chi connectivity index (χ0) is 17.5. The zero-order valence-electron chi connectivity index (χ0n) is 11.7. The van der Waals surface area contributed by atoms with Gasteiger partial charge in [0, 0.05) is 0 Å². The lowest BCUT2D eigenvalue weighted by Gasteiger charge is -2.13. The Morgan fingerprint density at radius 1 is 0.783 bits per heavy atom. The van der Waals surface area contributed by atoms with Gasteiger partial charge in [0.15, 0.2) is 11.5 Å². The van der Waals surface area contributed by atoms with Gasteiger partial charge in [-0.1, -0.05) is 0 Å². The molecule has 0 atom stereocenters. The first-order valence-electron chi connectivity index (χ1n) is 6.23. The average Bonchev–Trinajstić information content (AvgIpc) is 2.42. The fraction of sp³-hybridized carbons (Fsp3) is 0.0667. The van der Waals surface area contributed by atoms with Crippen LogP contribution in [0.4, 0.5) is 0 Å². The minimum absolute atomic E-state index is 0.438. The monoisotopic (exact) mass is 320 g/mol. The molecule has 0 saturated heterocycles. The highest BCUT2D eigenvalue weighted by Crippen LogP contribution is 2.42. The van der Waals surface area contributed by atoms with Crippen LogP contribution in [-0.4, -0.2) is 42.4 Å². The van der Waals surface area contributed by atoms with E-state index in [9.17, 15) is 35.1 Å². The Morgan fingerprint density at radius 3 is 1.78 bits per heavy atom. The number of carboxylic acid groups (broad SMARTS) is 1. The van der Waals surface area contributed by atoms with Crippen LogP contribution in [0.2, 0.25) is 0 Å². The van der Waals surface area contributed by atoms with Crippen LogP contribution in [0.25, 0.3) is 0 Å². The third-order valence-electron chi connectivity index (χ3n) is 3.18. The fourth-order valence-electron chi connectivity index (χ4n) is 2.15. The molecule has 0 bridgehead atoms. The molecule has 2 aromatic rings. The third-order valence-corrected chi connectivity index (χ3v) is 3.18. The molecule has 120 valence electrons. The first-order chi connectivity index (χ1) is 10.6. The van der Waals surface area contributed by atoms with Gasteiger partial charge in [-0.05, 0) is 30.7 Å². The number of aromatic carboxylic acids is 1. The number of carbonyl (C=O) groups excluding carboxylic acids is 1. The Hall–Kier alpha value is -3.42. The standard InChI is InChI=1S/C15H12O8/c1-5-2-7(16)11(8(17)3-5)13(20)10-6(15(22)23)4-9(18)12(19)14(10)21/h2-4,16-19,21H,1H3,(H,22,23). The van der Waals surface area contributed by atoms with Crippen molar-refractivity contribution >= 4 is 11.8 Å². The van der Waals surface area contributed by atoms with Gasteiger partial charge in [-0.2, -0.15) is 0 Å². The fourth-order valence-corrected chi connectivity index (χ4v) is 2.15. The summed E-state index contributed by atoms with van der Waals surface area (Å²) in [6.45, 7) is 1.54. The minimum Gasteiger partial charge on any atom is -0.507 e. The molecule has 6 N–H and O–H groups in total. The average molecular weight is 320 g/mol. The van der Waals surface area contributed by atoms with Crippen molar-refractivity contribution in [2.24, 2.45) is 0 Å². The maximum absolute atomic E-state index is 12.5. The summed E-state index contributed by atoms with van der Waals surface area (Å²) in [5, 5.41) is 57.4. The summed E-state index contributed by atoms with van der Waals surface area (Å²) in [6.07, 6.45) is 0. The molecule has 0 heterocycles. The molecule has 0 fully saturated rings. The highest BCUT2D eigenvalue weighted by molar-refractivity contribution is 6.18. The van der Waals surface area contributed by atoms with E-state index in [4.69, 9.17) is 5.11 Å². The number of carbonyl (C=O) groups is 2. The van der Waals surface area contributed by atoms with Gasteiger partial charge >= 0.3 is 5.97 Å². The van der Waals surface area contributed by atoms with Crippen LogP contribution in [0.15, 0.2) is 18.2 Å². The summed E-state index contributed by atoms with van der Waals surface area (Å²) in [7, 11) is 0. The Morgan fingerprint density at radius 2 is 1.30 bits per heavy atom. The maximum atomic E-state index is 12.5. The van der Waals surface area contributed by atoms with Crippen molar-refractivity contribution in [2.45, 2.75) is 6.92 Å². The molecule has 8 nitrogen and oxygen atoms in total. The van der Waals surface area contributed by atoms with Gasteiger partial charge in [0.1, 0.15) is 17.1 Å². The van der Waals surface area contributed by atoms with Crippen molar-refractivity contribution in [2.75, 3.05) is 0 Å². The molecule has 0 aromatic heterocycles. The predicted octanol–water partition coefficient (Wildman–Crippen LogP) is 1.45. The quantitative estimate of drug-likeness (QED) is 0.366. The van der Waals surface area contributed by atoms with E-state index in [1.54, 1.807) is 6.92 Å². The summed E-state index contributed by atoms with van der Waals surface area (Å²) in [6, 6.07) is 2.89. The van der Waals surface area contributed by atoms with E-state index in [-0.39, 0.29) is 0 Å². The van der Waals surface area contributed by atoms with Crippen LogP contribution >= 0.6 is 0 Å². The van der Waals surface area contributed by atoms with Crippen molar-refractivity contribution in [3.05, 3.63) is 40.5 Å². The molecular formula is C15H12O8. The number of rotatable bonds is 3. The van der Waals surface area contributed by atoms with Crippen LogP contribution < -0.4 is 0 Å². The first-order valence-corrected chi connectivity index (χ1v) is 6.23. The maximum Gasteiger partial charge on any atom is 0.336 e. The number of benzene rings is 2. The lowest BCUT2D eigenvalue weighted by atomic mass is 9.94. The second-order valence-electron chi connectivity index (χ2n) is 4.83. The summed E-state index contributed by atoms with van der Waals surface area (Å²) < 4.78 is 0. The zero-order valence-corrected chi connectivity index (χ0v) is 11.7. The summed E-state index contributed by atoms with van der Waals surface area (Å²) in [4.78, 5) is 23.7. The van der Waals surface area contributed by atoms with Gasteiger partial charge in [-0.3, -0.25) is 4.79 Å². The molecule has 0 spiro atoms. The normalized spacial score (nSPS) is 10.5. The van der Waals surface area contributed by atoms with Crippen molar-refractivity contribution in [1.82, 2.24) is 0 Å². The highest BCUT2D eigenvalue weighted by atomic mass is 16.4. The number of hydrogen-bond donors (Lipinski definition) is 6. The number of ketones is 1. The number of aryl methyl sites for hydroxylation is 1. The molecule has 23 heavy (non-hydrogen) atoms. The SMILES string of the molecule is Cc1cc(O)c(C(=O)c2c(C(=O)O)cc(O)c(O)c2O)c(O)c1. The molecule has 8 heteroatoms. The molecular weight excluding hydrogens is 308 g/mol. The van der Waals surface area contributed by atoms with Gasteiger partial charge in [0.2, 0.25) is 11.5 Å². The van der Waals surface area contributed by atoms with E-state index in [2.05, 4.69) is 0 Å². The first kappa shape index (κ1) is 16.0. The molecule has 0 radical (unpaired) electrons. The largest absolute Gasteiger partial charge is 0.507 e. The third kappa shape index (κ3) is 2.57. The van der Waals surface area contributed by atoms with Crippen LogP contribution in [0.5, 0.6) is 28.7 Å². The Bertz CT molecular complexity index is 815. The van der Waals surface area contributed by atoms with Gasteiger partial charge < -0.3 is 30.6 Å². The Balaban J connectivity index is 2.79. The molecule has 0 aliphatic heterocycles. The van der Waals surface area contributed by atoms with Gasteiger partial charge in [0.05, 0.1) is 11.1 Å². The molecule has 0 aliphatic carbocycles. The van der Waals surface area contributed by atoms with E-state index in [0.29, 0.717) is 11.6 Å². The topological polar surface area (TPSA) is 156 Å². The second kappa shape index (κ2) is 5.41. The molecule has 0 aliphatic rings. The predicted molar refractivity (Wildman–Crippen MR) is 76.3 cm³/mol. The summed E-state index contributed by atoms with van der Waals surface area (Å²) >= 11 is 0. The number of aromatic hydroxyl groups is 5. The van der Waals surface area contributed by atoms with Gasteiger partial charge in [0.25, 0.3) is 0 Å². The number of phenols is 5. The number of carboxylic acids is 1. The van der Waals surface area contributed by atoms with E-state index < -0.39 is 57.2 Å². The van der Waals surface area contributed by atoms with E-state index in [1.807, 2.05) is 0 Å². The van der Waals surface area contributed by atoms with Crippen molar-refractivity contribution in [3.63, 3.8) is 0 Å². The van der Waals surface area contributed by atoms with Gasteiger partial charge in [-0.15, -0.1) is 0 Å². The summed E-state index contributed by atoms with van der Waals surface area (Å²) in [5.41, 5.74) is -1.88.